The number of rotatable bonds is 1. The van der Waals surface area contributed by atoms with E-state index in [2.05, 4.69) is 9.97 Å². The highest BCUT2D eigenvalue weighted by atomic mass is 35.7. The van der Waals surface area contributed by atoms with E-state index in [1.807, 2.05) is 6.07 Å². The average molecular weight is 201 g/mol. The summed E-state index contributed by atoms with van der Waals surface area (Å²) in [7, 11) is 3.98. The smallest absolute Gasteiger partial charge is 0.149 e. The number of pyridine rings is 1. The zero-order valence-corrected chi connectivity index (χ0v) is 7.52. The molecule has 0 aliphatic rings. The van der Waals surface area contributed by atoms with Crippen LogP contribution in [0.15, 0.2) is 29.4 Å². The second-order valence-corrected chi connectivity index (χ2v) is 4.00. The Bertz CT molecular complexity index is 440. The maximum atomic E-state index is 10.9. The van der Waals surface area contributed by atoms with E-state index < -0.39 is 10.0 Å². The van der Waals surface area contributed by atoms with Crippen molar-refractivity contribution in [1.29, 1.82) is 0 Å². The van der Waals surface area contributed by atoms with E-state index in [1.165, 1.54) is 0 Å². The summed E-state index contributed by atoms with van der Waals surface area (Å²) in [5, 5.41) is 0.811. The van der Waals surface area contributed by atoms with Crippen molar-refractivity contribution in [3.8, 4) is 0 Å². The molecule has 12 heavy (non-hydrogen) atoms. The fraction of sp³-hybridized carbons (Fsp3) is 0. The number of aromatic nitrogens is 2. The standard InChI is InChI=1S/C7H5ClN2OS/c8-12(11)6-4-10-7-5(6)2-1-3-9-7/h1-4H,(H,9,10). The lowest BCUT2D eigenvalue weighted by Crippen LogP contribution is -1.77. The molecule has 0 aliphatic carbocycles. The van der Waals surface area contributed by atoms with Gasteiger partial charge in [-0.3, -0.25) is 0 Å². The molecule has 3 nitrogen and oxygen atoms in total. The predicted octanol–water partition coefficient (Wildman–Crippen LogP) is 1.82. The van der Waals surface area contributed by atoms with Gasteiger partial charge in [-0.25, -0.2) is 9.19 Å². The van der Waals surface area contributed by atoms with Crippen molar-refractivity contribution in [2.45, 2.75) is 4.90 Å². The number of hydrogen-bond donors (Lipinski definition) is 1. The van der Waals surface area contributed by atoms with Crippen molar-refractivity contribution in [3.05, 3.63) is 24.5 Å². The number of nitrogens with zero attached hydrogens (tertiary/aromatic N) is 1. The first-order valence-electron chi connectivity index (χ1n) is 3.29. The molecule has 0 aliphatic heterocycles. The van der Waals surface area contributed by atoms with Gasteiger partial charge in [-0.2, -0.15) is 0 Å². The molecule has 1 atom stereocenters. The molecule has 0 saturated carbocycles. The summed E-state index contributed by atoms with van der Waals surface area (Å²) in [5.74, 6) is 0. The topological polar surface area (TPSA) is 45.8 Å². The SMILES string of the molecule is O=S(Cl)c1c[nH]c2ncccc12. The molecule has 0 fully saturated rings. The Kier molecular flexibility index (Phi) is 1.86. The normalized spacial score (nSPS) is 13.4. The second-order valence-electron chi connectivity index (χ2n) is 2.28. The summed E-state index contributed by atoms with van der Waals surface area (Å²) in [5.41, 5.74) is 0.710. The van der Waals surface area contributed by atoms with E-state index >= 15 is 0 Å². The monoisotopic (exact) mass is 200 g/mol. The van der Waals surface area contributed by atoms with Gasteiger partial charge < -0.3 is 4.98 Å². The Morgan fingerprint density at radius 1 is 1.58 bits per heavy atom. The van der Waals surface area contributed by atoms with Crippen LogP contribution in [-0.4, -0.2) is 14.2 Å². The van der Waals surface area contributed by atoms with Crippen LogP contribution < -0.4 is 0 Å². The highest BCUT2D eigenvalue weighted by molar-refractivity contribution is 8.08. The van der Waals surface area contributed by atoms with Crippen molar-refractivity contribution in [2.24, 2.45) is 0 Å². The number of halogens is 1. The summed E-state index contributed by atoms with van der Waals surface area (Å²) in [6.07, 6.45) is 3.28. The Morgan fingerprint density at radius 3 is 3.17 bits per heavy atom. The van der Waals surface area contributed by atoms with Gasteiger partial charge in [-0.05, 0) is 22.8 Å². The van der Waals surface area contributed by atoms with Crippen molar-refractivity contribution in [3.63, 3.8) is 0 Å². The summed E-state index contributed by atoms with van der Waals surface area (Å²) >= 11 is 0. The molecule has 2 aromatic rings. The van der Waals surface area contributed by atoms with Gasteiger partial charge in [0.1, 0.15) is 15.7 Å². The van der Waals surface area contributed by atoms with Crippen molar-refractivity contribution >= 4 is 31.7 Å². The fourth-order valence-corrected chi connectivity index (χ4v) is 1.94. The third kappa shape index (κ3) is 1.13. The van der Waals surface area contributed by atoms with Crippen molar-refractivity contribution in [1.82, 2.24) is 9.97 Å². The van der Waals surface area contributed by atoms with Crippen LogP contribution in [0.5, 0.6) is 0 Å². The van der Waals surface area contributed by atoms with Crippen LogP contribution in [0.3, 0.4) is 0 Å². The Labute approximate surface area is 75.7 Å². The molecule has 1 unspecified atom stereocenters. The molecule has 0 saturated heterocycles. The van der Waals surface area contributed by atoms with E-state index in [0.717, 1.165) is 5.39 Å². The Morgan fingerprint density at radius 2 is 2.42 bits per heavy atom. The first kappa shape index (κ1) is 7.76. The van der Waals surface area contributed by atoms with Gasteiger partial charge in [0, 0.05) is 17.8 Å². The maximum absolute atomic E-state index is 10.9. The molecule has 0 radical (unpaired) electrons. The first-order valence-corrected chi connectivity index (χ1v) is 5.27. The number of hydrogen-bond acceptors (Lipinski definition) is 2. The number of H-pyrrole nitrogens is 1. The summed E-state index contributed by atoms with van der Waals surface area (Å²) in [6.45, 7) is 0. The van der Waals surface area contributed by atoms with Gasteiger partial charge >= 0.3 is 0 Å². The lowest BCUT2D eigenvalue weighted by Gasteiger charge is -1.88. The van der Waals surface area contributed by atoms with Crippen LogP contribution in [0.25, 0.3) is 11.0 Å². The van der Waals surface area contributed by atoms with Gasteiger partial charge in [0.15, 0.2) is 0 Å². The van der Waals surface area contributed by atoms with Crippen LogP contribution in [0.1, 0.15) is 0 Å². The molecule has 0 spiro atoms. The van der Waals surface area contributed by atoms with Crippen molar-refractivity contribution in [2.75, 3.05) is 0 Å². The summed E-state index contributed by atoms with van der Waals surface area (Å²) in [4.78, 5) is 7.50. The minimum atomic E-state index is -1.47. The van der Waals surface area contributed by atoms with E-state index in [0.29, 0.717) is 10.5 Å². The van der Waals surface area contributed by atoms with Crippen LogP contribution >= 0.6 is 10.7 Å². The molecule has 0 bridgehead atoms. The van der Waals surface area contributed by atoms with Crippen LogP contribution in [0.4, 0.5) is 0 Å². The second kappa shape index (κ2) is 2.88. The van der Waals surface area contributed by atoms with Gasteiger partial charge in [-0.15, -0.1) is 0 Å². The van der Waals surface area contributed by atoms with E-state index in [-0.39, 0.29) is 0 Å². The minimum Gasteiger partial charge on any atom is -0.345 e. The molecule has 0 amide bonds. The molecule has 2 heterocycles. The number of nitrogens with one attached hydrogen (secondary N) is 1. The third-order valence-corrected chi connectivity index (χ3v) is 2.77. The Balaban J connectivity index is 2.79. The van der Waals surface area contributed by atoms with Gasteiger partial charge in [0.05, 0.1) is 4.90 Å². The van der Waals surface area contributed by atoms with Crippen molar-refractivity contribution < 1.29 is 4.21 Å². The van der Waals surface area contributed by atoms with Crippen LogP contribution in [-0.2, 0) is 10.0 Å². The number of fused-ring (bicyclic) bond motifs is 1. The van der Waals surface area contributed by atoms with Gasteiger partial charge in [0.2, 0.25) is 0 Å². The minimum absolute atomic E-state index is 0.583. The molecular formula is C7H5ClN2OS. The molecule has 2 aromatic heterocycles. The molecule has 1 N–H and O–H groups in total. The van der Waals surface area contributed by atoms with Gasteiger partial charge in [-0.1, -0.05) is 0 Å². The average Bonchev–Trinajstić information content (AvgIpc) is 2.47. The quantitative estimate of drug-likeness (QED) is 0.714. The summed E-state index contributed by atoms with van der Waals surface area (Å²) < 4.78 is 10.9. The van der Waals surface area contributed by atoms with E-state index in [1.54, 1.807) is 18.5 Å². The largest absolute Gasteiger partial charge is 0.345 e. The molecular weight excluding hydrogens is 196 g/mol. The van der Waals surface area contributed by atoms with Gasteiger partial charge in [0.25, 0.3) is 0 Å². The molecule has 5 heteroatoms. The lowest BCUT2D eigenvalue weighted by atomic mass is 10.3. The van der Waals surface area contributed by atoms with E-state index in [9.17, 15) is 4.21 Å². The van der Waals surface area contributed by atoms with Crippen LogP contribution in [0.2, 0.25) is 0 Å². The molecule has 2 rings (SSSR count). The zero-order valence-electron chi connectivity index (χ0n) is 5.95. The predicted molar refractivity (Wildman–Crippen MR) is 48.4 cm³/mol. The van der Waals surface area contributed by atoms with E-state index in [4.69, 9.17) is 10.7 Å². The summed E-state index contributed by atoms with van der Waals surface area (Å²) in [6, 6.07) is 3.61. The Hall–Kier alpha value is -0.870. The van der Waals surface area contributed by atoms with Crippen LogP contribution in [0, 0.1) is 0 Å². The zero-order chi connectivity index (χ0) is 8.55. The third-order valence-electron chi connectivity index (χ3n) is 1.59. The first-order chi connectivity index (χ1) is 5.79. The lowest BCUT2D eigenvalue weighted by molar-refractivity contribution is 0.691. The molecule has 0 aromatic carbocycles. The maximum Gasteiger partial charge on any atom is 0.149 e. The molecule has 62 valence electrons. The highest BCUT2D eigenvalue weighted by Gasteiger charge is 2.07. The highest BCUT2D eigenvalue weighted by Crippen LogP contribution is 2.20. The fourth-order valence-electron chi connectivity index (χ4n) is 1.06. The number of aromatic amines is 1.